The molecule has 1 aromatic rings. The van der Waals surface area contributed by atoms with Gasteiger partial charge in [-0.15, -0.1) is 0 Å². The molecule has 0 saturated carbocycles. The highest BCUT2D eigenvalue weighted by atomic mass is 14.5. The lowest BCUT2D eigenvalue weighted by molar-refractivity contribution is 0.385. The van der Waals surface area contributed by atoms with Gasteiger partial charge in [0.15, 0.2) is 0 Å². The van der Waals surface area contributed by atoms with Gasteiger partial charge in [0.25, 0.3) is 0 Å². The summed E-state index contributed by atoms with van der Waals surface area (Å²) in [6, 6.07) is 8.17. The molecule has 0 heterocycles. The molecule has 1 rings (SSSR count). The van der Waals surface area contributed by atoms with Crippen molar-refractivity contribution in [1.29, 1.82) is 0 Å². The summed E-state index contributed by atoms with van der Waals surface area (Å²) in [6.07, 6.45) is 8.01. The van der Waals surface area contributed by atoms with E-state index in [0.29, 0.717) is 11.8 Å². The third kappa shape index (κ3) is 6.35. The van der Waals surface area contributed by atoms with E-state index in [1.165, 1.54) is 11.1 Å². The SMILES string of the molecule is C=C/C(=C\C=C(/C)N)CC(C)C(C)Cc1ccc(N)cc1. The van der Waals surface area contributed by atoms with Crippen molar-refractivity contribution in [2.75, 3.05) is 5.73 Å². The molecule has 0 spiro atoms. The number of hydrogen-bond acceptors (Lipinski definition) is 2. The molecule has 1 aromatic carbocycles. The van der Waals surface area contributed by atoms with Crippen molar-refractivity contribution in [1.82, 2.24) is 0 Å². The largest absolute Gasteiger partial charge is 0.402 e. The van der Waals surface area contributed by atoms with Crippen LogP contribution < -0.4 is 11.5 Å². The molecule has 4 N–H and O–H groups in total. The minimum atomic E-state index is 0.582. The number of hydrogen-bond donors (Lipinski definition) is 2. The second-order valence-corrected chi connectivity index (χ2v) is 5.96. The van der Waals surface area contributed by atoms with Gasteiger partial charge in [-0.05, 0) is 60.9 Å². The summed E-state index contributed by atoms with van der Waals surface area (Å²) < 4.78 is 0. The molecule has 0 aliphatic heterocycles. The number of nitrogens with two attached hydrogens (primary N) is 2. The third-order valence-corrected chi connectivity index (χ3v) is 3.89. The molecule has 2 unspecified atom stereocenters. The zero-order valence-electron chi connectivity index (χ0n) is 13.5. The first kappa shape index (κ1) is 17.1. The van der Waals surface area contributed by atoms with Gasteiger partial charge in [0.05, 0.1) is 0 Å². The standard InChI is InChI=1S/C19H28N2/c1-5-17(7-6-16(4)20)12-14(2)15(3)13-18-8-10-19(21)11-9-18/h5-11,14-15H,1,12-13,20-21H2,2-4H3/b16-6+,17-7+. The van der Waals surface area contributed by atoms with Crippen LogP contribution in [0.25, 0.3) is 0 Å². The monoisotopic (exact) mass is 284 g/mol. The van der Waals surface area contributed by atoms with Crippen LogP contribution in [0, 0.1) is 11.8 Å². The van der Waals surface area contributed by atoms with E-state index in [-0.39, 0.29) is 0 Å². The molecular weight excluding hydrogens is 256 g/mol. The number of benzene rings is 1. The molecule has 0 aromatic heterocycles. The Morgan fingerprint density at radius 3 is 2.29 bits per heavy atom. The van der Waals surface area contributed by atoms with E-state index < -0.39 is 0 Å². The van der Waals surface area contributed by atoms with Gasteiger partial charge in [-0.25, -0.2) is 0 Å². The number of rotatable bonds is 7. The first-order chi connectivity index (χ1) is 9.92. The maximum Gasteiger partial charge on any atom is 0.0314 e. The summed E-state index contributed by atoms with van der Waals surface area (Å²) in [4.78, 5) is 0. The Morgan fingerprint density at radius 2 is 1.76 bits per heavy atom. The predicted molar refractivity (Wildman–Crippen MR) is 93.7 cm³/mol. The van der Waals surface area contributed by atoms with Crippen LogP contribution in [-0.4, -0.2) is 0 Å². The summed E-state index contributed by atoms with van der Waals surface area (Å²) >= 11 is 0. The van der Waals surface area contributed by atoms with Crippen LogP contribution >= 0.6 is 0 Å². The highest BCUT2D eigenvalue weighted by Gasteiger charge is 2.13. The average Bonchev–Trinajstić information content (AvgIpc) is 2.45. The van der Waals surface area contributed by atoms with Crippen LogP contribution in [0.15, 0.2) is 60.3 Å². The lowest BCUT2D eigenvalue weighted by Crippen LogP contribution is -2.11. The number of nitrogen functional groups attached to an aromatic ring is 1. The predicted octanol–water partition coefficient (Wildman–Crippen LogP) is 4.45. The molecule has 0 aliphatic carbocycles. The quantitative estimate of drug-likeness (QED) is 0.574. The second-order valence-electron chi connectivity index (χ2n) is 5.96. The molecule has 0 radical (unpaired) electrons. The smallest absolute Gasteiger partial charge is 0.0314 e. The van der Waals surface area contributed by atoms with Crippen LogP contribution in [0.4, 0.5) is 5.69 Å². The van der Waals surface area contributed by atoms with Gasteiger partial charge in [-0.3, -0.25) is 0 Å². The third-order valence-electron chi connectivity index (χ3n) is 3.89. The Bertz CT molecular complexity index is 505. The minimum absolute atomic E-state index is 0.582. The number of allylic oxidation sites excluding steroid dienone is 5. The highest BCUT2D eigenvalue weighted by Crippen LogP contribution is 2.24. The molecule has 0 saturated heterocycles. The van der Waals surface area contributed by atoms with Crippen LogP contribution in [0.5, 0.6) is 0 Å². The Hall–Kier alpha value is -1.96. The van der Waals surface area contributed by atoms with Crippen LogP contribution in [0.2, 0.25) is 0 Å². The molecule has 0 fully saturated rings. The minimum Gasteiger partial charge on any atom is -0.402 e. The molecular formula is C19H28N2. The van der Waals surface area contributed by atoms with E-state index in [9.17, 15) is 0 Å². The van der Waals surface area contributed by atoms with Crippen molar-refractivity contribution in [3.05, 3.63) is 65.9 Å². The summed E-state index contributed by atoms with van der Waals surface area (Å²) in [6.45, 7) is 10.4. The Labute approximate surface area is 129 Å². The van der Waals surface area contributed by atoms with Crippen molar-refractivity contribution in [2.24, 2.45) is 17.6 Å². The maximum absolute atomic E-state index is 5.72. The zero-order chi connectivity index (χ0) is 15.8. The van der Waals surface area contributed by atoms with Gasteiger partial charge >= 0.3 is 0 Å². The summed E-state index contributed by atoms with van der Waals surface area (Å²) in [5.74, 6) is 1.18. The van der Waals surface area contributed by atoms with Crippen molar-refractivity contribution < 1.29 is 0 Å². The van der Waals surface area contributed by atoms with E-state index in [1.54, 1.807) is 0 Å². The molecule has 0 bridgehead atoms. The summed E-state index contributed by atoms with van der Waals surface area (Å²) in [7, 11) is 0. The van der Waals surface area contributed by atoms with Gasteiger partial charge in [0.1, 0.15) is 0 Å². The Morgan fingerprint density at radius 1 is 1.14 bits per heavy atom. The van der Waals surface area contributed by atoms with E-state index >= 15 is 0 Å². The fraction of sp³-hybridized carbons (Fsp3) is 0.368. The van der Waals surface area contributed by atoms with Crippen molar-refractivity contribution in [3.8, 4) is 0 Å². The van der Waals surface area contributed by atoms with Crippen molar-refractivity contribution in [2.45, 2.75) is 33.6 Å². The first-order valence-electron chi connectivity index (χ1n) is 7.52. The molecule has 2 nitrogen and oxygen atoms in total. The average molecular weight is 284 g/mol. The molecule has 21 heavy (non-hydrogen) atoms. The van der Waals surface area contributed by atoms with Gasteiger partial charge in [-0.2, -0.15) is 0 Å². The van der Waals surface area contributed by atoms with Gasteiger partial charge in [0, 0.05) is 11.4 Å². The lowest BCUT2D eigenvalue weighted by Gasteiger charge is -2.20. The fourth-order valence-electron chi connectivity index (χ4n) is 2.26. The normalized spacial score (nSPS) is 15.6. The summed E-state index contributed by atoms with van der Waals surface area (Å²) in [5, 5.41) is 0. The lowest BCUT2D eigenvalue weighted by atomic mass is 9.85. The van der Waals surface area contributed by atoms with Gasteiger partial charge in [0.2, 0.25) is 0 Å². The summed E-state index contributed by atoms with van der Waals surface area (Å²) in [5.41, 5.74) is 15.6. The molecule has 0 amide bonds. The van der Waals surface area contributed by atoms with Crippen molar-refractivity contribution >= 4 is 5.69 Å². The highest BCUT2D eigenvalue weighted by molar-refractivity contribution is 5.39. The maximum atomic E-state index is 5.72. The van der Waals surface area contributed by atoms with Crippen LogP contribution in [-0.2, 0) is 6.42 Å². The van der Waals surface area contributed by atoms with Gasteiger partial charge in [-0.1, -0.05) is 44.7 Å². The van der Waals surface area contributed by atoms with Crippen LogP contribution in [0.1, 0.15) is 32.8 Å². The van der Waals surface area contributed by atoms with Crippen molar-refractivity contribution in [3.63, 3.8) is 0 Å². The number of anilines is 1. The van der Waals surface area contributed by atoms with E-state index in [1.807, 2.05) is 31.2 Å². The zero-order valence-corrected chi connectivity index (χ0v) is 13.5. The fourth-order valence-corrected chi connectivity index (χ4v) is 2.26. The molecule has 2 atom stereocenters. The van der Waals surface area contributed by atoms with Gasteiger partial charge < -0.3 is 11.5 Å². The van der Waals surface area contributed by atoms with E-state index in [2.05, 4.69) is 38.6 Å². The molecule has 0 aliphatic rings. The van der Waals surface area contributed by atoms with E-state index in [0.717, 1.165) is 24.2 Å². The van der Waals surface area contributed by atoms with Crippen LogP contribution in [0.3, 0.4) is 0 Å². The Kier molecular flexibility index (Phi) is 6.80. The molecule has 114 valence electrons. The first-order valence-corrected chi connectivity index (χ1v) is 7.52. The van der Waals surface area contributed by atoms with E-state index in [4.69, 9.17) is 11.5 Å². The molecule has 2 heteroatoms. The topological polar surface area (TPSA) is 52.0 Å². The second kappa shape index (κ2) is 8.35. The Balaban J connectivity index is 2.63.